The number of rotatable bonds is 5. The Morgan fingerprint density at radius 3 is 2.57 bits per heavy atom. The van der Waals surface area contributed by atoms with Crippen molar-refractivity contribution in [2.45, 2.75) is 32.3 Å². The molecule has 0 aromatic heterocycles. The van der Waals surface area contributed by atoms with Crippen LogP contribution in [0.25, 0.3) is 0 Å². The number of methoxy groups -OCH3 is 2. The molecule has 0 fully saturated rings. The van der Waals surface area contributed by atoms with Gasteiger partial charge in [0.05, 0.1) is 33.9 Å². The van der Waals surface area contributed by atoms with Crippen LogP contribution in [0.1, 0.15) is 31.4 Å². The molecule has 0 unspecified atom stereocenters. The smallest absolute Gasteiger partial charge is 0.309 e. The Morgan fingerprint density at radius 2 is 1.95 bits per heavy atom. The highest BCUT2D eigenvalue weighted by atomic mass is 16.5. The average Bonchev–Trinajstić information content (AvgIpc) is 2.46. The molecule has 0 bridgehead atoms. The predicted molar refractivity (Wildman–Crippen MR) is 77.8 cm³/mol. The summed E-state index contributed by atoms with van der Waals surface area (Å²) in [5.41, 5.74) is 1.38. The molecule has 2 rings (SSSR count). The van der Waals surface area contributed by atoms with Crippen LogP contribution in [0.5, 0.6) is 11.5 Å². The summed E-state index contributed by atoms with van der Waals surface area (Å²) in [6.07, 6.45) is 0.970. The molecule has 0 saturated heterocycles. The lowest BCUT2D eigenvalue weighted by Crippen LogP contribution is -2.35. The van der Waals surface area contributed by atoms with Gasteiger partial charge in [-0.25, -0.2) is 0 Å². The van der Waals surface area contributed by atoms with E-state index in [9.17, 15) is 4.79 Å². The molecular formula is C16H22O5. The van der Waals surface area contributed by atoms with Crippen LogP contribution in [-0.4, -0.2) is 33.4 Å². The number of fused-ring (bicyclic) bond motifs is 1. The molecule has 116 valence electrons. The number of ether oxygens (including phenoxy) is 4. The maximum atomic E-state index is 11.8. The quantitative estimate of drug-likeness (QED) is 0.781. The molecule has 5 nitrogen and oxygen atoms in total. The Morgan fingerprint density at radius 1 is 1.29 bits per heavy atom. The predicted octanol–water partition coefficient (Wildman–Crippen LogP) is 2.44. The van der Waals surface area contributed by atoms with E-state index in [0.717, 1.165) is 17.5 Å². The first-order valence-electron chi connectivity index (χ1n) is 7.09. The number of benzene rings is 1. The number of hydrogen-bond acceptors (Lipinski definition) is 5. The molecule has 1 aliphatic rings. The summed E-state index contributed by atoms with van der Waals surface area (Å²) in [4.78, 5) is 11.8. The van der Waals surface area contributed by atoms with Gasteiger partial charge in [0.2, 0.25) is 0 Å². The number of hydrogen-bond donors (Lipinski definition) is 0. The van der Waals surface area contributed by atoms with Crippen molar-refractivity contribution in [3.8, 4) is 11.5 Å². The van der Waals surface area contributed by atoms with Gasteiger partial charge in [0.1, 0.15) is 5.60 Å². The van der Waals surface area contributed by atoms with Crippen LogP contribution in [0.15, 0.2) is 12.1 Å². The molecule has 1 heterocycles. The Kier molecular flexibility index (Phi) is 4.73. The summed E-state index contributed by atoms with van der Waals surface area (Å²) in [6.45, 7) is 4.64. The monoisotopic (exact) mass is 294 g/mol. The van der Waals surface area contributed by atoms with Gasteiger partial charge in [0, 0.05) is 0 Å². The summed E-state index contributed by atoms with van der Waals surface area (Å²) >= 11 is 0. The third kappa shape index (κ3) is 3.13. The van der Waals surface area contributed by atoms with Crippen LogP contribution < -0.4 is 9.47 Å². The van der Waals surface area contributed by atoms with E-state index in [2.05, 4.69) is 0 Å². The molecule has 0 N–H and O–H groups in total. The van der Waals surface area contributed by atoms with Crippen molar-refractivity contribution in [3.63, 3.8) is 0 Å². The molecule has 1 atom stereocenters. The number of carbonyl (C=O) groups is 1. The fourth-order valence-electron chi connectivity index (χ4n) is 2.72. The standard InChI is InChI=1S/C16H22O5/c1-5-20-15(17)10-16(2)12-9-14(19-4)13(18-3)8-11(12)6-7-21-16/h8-9H,5-7,10H2,1-4H3/t16-/m1/s1. The zero-order valence-corrected chi connectivity index (χ0v) is 13.0. The van der Waals surface area contributed by atoms with Gasteiger partial charge in [0.25, 0.3) is 0 Å². The second-order valence-electron chi connectivity index (χ2n) is 5.18. The van der Waals surface area contributed by atoms with Gasteiger partial charge in [-0.2, -0.15) is 0 Å². The molecule has 1 aromatic rings. The topological polar surface area (TPSA) is 54.0 Å². The molecule has 1 aromatic carbocycles. The van der Waals surface area contributed by atoms with E-state index in [-0.39, 0.29) is 12.4 Å². The minimum Gasteiger partial charge on any atom is -0.493 e. The highest BCUT2D eigenvalue weighted by Crippen LogP contribution is 2.41. The Bertz CT molecular complexity index is 526. The zero-order valence-electron chi connectivity index (χ0n) is 13.0. The van der Waals surface area contributed by atoms with Crippen LogP contribution in [0.4, 0.5) is 0 Å². The summed E-state index contributed by atoms with van der Waals surface area (Å²) in [7, 11) is 3.21. The molecule has 5 heteroatoms. The highest BCUT2D eigenvalue weighted by Gasteiger charge is 2.37. The van der Waals surface area contributed by atoms with Crippen LogP contribution in [0.3, 0.4) is 0 Å². The third-order valence-electron chi connectivity index (χ3n) is 3.76. The van der Waals surface area contributed by atoms with Gasteiger partial charge in [-0.05, 0) is 43.5 Å². The molecule has 0 saturated carbocycles. The second-order valence-corrected chi connectivity index (χ2v) is 5.18. The molecule has 0 spiro atoms. The van der Waals surface area contributed by atoms with E-state index in [1.807, 2.05) is 19.1 Å². The zero-order chi connectivity index (χ0) is 15.5. The first-order valence-corrected chi connectivity index (χ1v) is 7.09. The fourth-order valence-corrected chi connectivity index (χ4v) is 2.72. The van der Waals surface area contributed by atoms with Gasteiger partial charge in [0.15, 0.2) is 11.5 Å². The van der Waals surface area contributed by atoms with Crippen molar-refractivity contribution in [2.75, 3.05) is 27.4 Å². The van der Waals surface area contributed by atoms with Crippen molar-refractivity contribution in [1.82, 2.24) is 0 Å². The first kappa shape index (κ1) is 15.6. The molecule has 0 radical (unpaired) electrons. The Hall–Kier alpha value is -1.75. The van der Waals surface area contributed by atoms with E-state index in [1.54, 1.807) is 21.1 Å². The van der Waals surface area contributed by atoms with Gasteiger partial charge in [-0.15, -0.1) is 0 Å². The maximum Gasteiger partial charge on any atom is 0.309 e. The van der Waals surface area contributed by atoms with Gasteiger partial charge >= 0.3 is 5.97 Å². The highest BCUT2D eigenvalue weighted by molar-refractivity contribution is 5.71. The molecular weight excluding hydrogens is 272 g/mol. The summed E-state index contributed by atoms with van der Waals surface area (Å²) in [5.74, 6) is 1.07. The Balaban J connectivity index is 2.39. The van der Waals surface area contributed by atoms with E-state index in [0.29, 0.717) is 24.7 Å². The van der Waals surface area contributed by atoms with Crippen LogP contribution in [0.2, 0.25) is 0 Å². The summed E-state index contributed by atoms with van der Waals surface area (Å²) in [6, 6.07) is 3.85. The third-order valence-corrected chi connectivity index (χ3v) is 3.76. The average molecular weight is 294 g/mol. The van der Waals surface area contributed by atoms with Crippen molar-refractivity contribution in [1.29, 1.82) is 0 Å². The fraction of sp³-hybridized carbons (Fsp3) is 0.562. The number of esters is 1. The van der Waals surface area contributed by atoms with E-state index >= 15 is 0 Å². The molecule has 1 aliphatic heterocycles. The largest absolute Gasteiger partial charge is 0.493 e. The molecule has 21 heavy (non-hydrogen) atoms. The minimum atomic E-state index is -0.695. The molecule has 0 amide bonds. The van der Waals surface area contributed by atoms with Gasteiger partial charge < -0.3 is 18.9 Å². The van der Waals surface area contributed by atoms with Crippen LogP contribution in [-0.2, 0) is 26.3 Å². The summed E-state index contributed by atoms with van der Waals surface area (Å²) in [5, 5.41) is 0. The Labute approximate surface area is 125 Å². The lowest BCUT2D eigenvalue weighted by Gasteiger charge is -2.36. The van der Waals surface area contributed by atoms with Crippen molar-refractivity contribution in [2.24, 2.45) is 0 Å². The second kappa shape index (κ2) is 6.35. The first-order chi connectivity index (χ1) is 10.0. The van der Waals surface area contributed by atoms with Crippen LogP contribution >= 0.6 is 0 Å². The van der Waals surface area contributed by atoms with E-state index in [4.69, 9.17) is 18.9 Å². The van der Waals surface area contributed by atoms with E-state index < -0.39 is 5.60 Å². The van der Waals surface area contributed by atoms with Crippen molar-refractivity contribution in [3.05, 3.63) is 23.3 Å². The lowest BCUT2D eigenvalue weighted by molar-refractivity contribution is -0.152. The summed E-state index contributed by atoms with van der Waals surface area (Å²) < 4.78 is 21.6. The van der Waals surface area contributed by atoms with Gasteiger partial charge in [-0.3, -0.25) is 4.79 Å². The lowest BCUT2D eigenvalue weighted by atomic mass is 9.85. The normalized spacial score (nSPS) is 20.6. The number of carbonyl (C=O) groups excluding carboxylic acids is 1. The van der Waals surface area contributed by atoms with Crippen molar-refractivity contribution >= 4 is 5.97 Å². The molecule has 0 aliphatic carbocycles. The van der Waals surface area contributed by atoms with Crippen LogP contribution in [0, 0.1) is 0 Å². The van der Waals surface area contributed by atoms with Gasteiger partial charge in [-0.1, -0.05) is 0 Å². The van der Waals surface area contributed by atoms with E-state index in [1.165, 1.54) is 0 Å². The maximum absolute atomic E-state index is 11.8. The van der Waals surface area contributed by atoms with Crippen molar-refractivity contribution < 1.29 is 23.7 Å². The minimum absolute atomic E-state index is 0.184. The SMILES string of the molecule is CCOC(=O)C[C@@]1(C)OCCc2cc(OC)c(OC)cc21.